The minimum Gasteiger partial charge on any atom is -0.385 e. The van der Waals surface area contributed by atoms with Crippen LogP contribution in [0.25, 0.3) is 0 Å². The molecule has 0 unspecified atom stereocenters. The molecular formula is C16H26N4O3. The van der Waals surface area contributed by atoms with Crippen molar-refractivity contribution in [3.05, 3.63) is 24.4 Å². The Balaban J connectivity index is 2.10. The molecule has 1 aromatic rings. The lowest BCUT2D eigenvalue weighted by Gasteiger charge is -2.14. The average Bonchev–Trinajstić information content (AvgIpc) is 2.55. The molecule has 1 atom stereocenters. The highest BCUT2D eigenvalue weighted by Gasteiger charge is 2.17. The Morgan fingerprint density at radius 2 is 2.13 bits per heavy atom. The molecule has 0 fully saturated rings. The minimum absolute atomic E-state index is 0.150. The fourth-order valence-corrected chi connectivity index (χ4v) is 2.06. The number of anilines is 1. The second-order valence-electron chi connectivity index (χ2n) is 5.26. The van der Waals surface area contributed by atoms with Crippen LogP contribution in [0.4, 0.5) is 5.82 Å². The van der Waals surface area contributed by atoms with Crippen LogP contribution in [0.15, 0.2) is 24.4 Å². The van der Waals surface area contributed by atoms with Gasteiger partial charge in [-0.3, -0.25) is 9.59 Å². The van der Waals surface area contributed by atoms with Crippen LogP contribution in [-0.4, -0.2) is 43.1 Å². The summed E-state index contributed by atoms with van der Waals surface area (Å²) in [6.07, 6.45) is 5.17. The van der Waals surface area contributed by atoms with Gasteiger partial charge in [0.05, 0.1) is 0 Å². The highest BCUT2D eigenvalue weighted by atomic mass is 16.5. The first-order valence-electron chi connectivity index (χ1n) is 7.86. The van der Waals surface area contributed by atoms with Gasteiger partial charge in [0.1, 0.15) is 11.9 Å². The van der Waals surface area contributed by atoms with E-state index in [0.717, 1.165) is 31.6 Å². The number of carbonyl (C=O) groups is 2. The summed E-state index contributed by atoms with van der Waals surface area (Å²) in [6, 6.07) is 5.05. The highest BCUT2D eigenvalue weighted by molar-refractivity contribution is 5.86. The Kier molecular flexibility index (Phi) is 9.38. The topological polar surface area (TPSA) is 106 Å². The molecule has 4 N–H and O–H groups in total. The summed E-state index contributed by atoms with van der Waals surface area (Å²) in [5, 5.41) is 5.87. The fraction of sp³-hybridized carbons (Fsp3) is 0.562. The van der Waals surface area contributed by atoms with Gasteiger partial charge in [0.25, 0.3) is 0 Å². The van der Waals surface area contributed by atoms with Crippen molar-refractivity contribution in [3.63, 3.8) is 0 Å². The molecule has 0 radical (unpaired) electrons. The van der Waals surface area contributed by atoms with Crippen LogP contribution >= 0.6 is 0 Å². The van der Waals surface area contributed by atoms with Crippen LogP contribution < -0.4 is 16.4 Å². The van der Waals surface area contributed by atoms with Gasteiger partial charge in [-0.15, -0.1) is 0 Å². The van der Waals surface area contributed by atoms with Crippen LogP contribution in [0.5, 0.6) is 0 Å². The van der Waals surface area contributed by atoms with E-state index in [9.17, 15) is 9.59 Å². The van der Waals surface area contributed by atoms with Gasteiger partial charge in [0.15, 0.2) is 0 Å². The zero-order chi connectivity index (χ0) is 16.9. The molecule has 1 heterocycles. The second kappa shape index (κ2) is 11.4. The lowest BCUT2D eigenvalue weighted by Crippen LogP contribution is -2.45. The number of aromatic nitrogens is 1. The molecule has 0 aliphatic carbocycles. The van der Waals surface area contributed by atoms with E-state index in [1.165, 1.54) is 0 Å². The third-order valence-corrected chi connectivity index (χ3v) is 3.34. The number of nitrogens with zero attached hydrogens (tertiary/aromatic N) is 1. The summed E-state index contributed by atoms with van der Waals surface area (Å²) in [7, 11) is 1.54. The Bertz CT molecular complexity index is 468. The molecule has 0 saturated carbocycles. The highest BCUT2D eigenvalue weighted by Crippen LogP contribution is 2.04. The van der Waals surface area contributed by atoms with Crippen molar-refractivity contribution >= 4 is 17.6 Å². The van der Waals surface area contributed by atoms with Crippen molar-refractivity contribution < 1.29 is 14.3 Å². The predicted octanol–water partition coefficient (Wildman–Crippen LogP) is 1.06. The summed E-state index contributed by atoms with van der Waals surface area (Å²) >= 11 is 0. The lowest BCUT2D eigenvalue weighted by atomic mass is 10.1. The van der Waals surface area contributed by atoms with Gasteiger partial charge in [0.2, 0.25) is 11.8 Å². The molecule has 7 heteroatoms. The van der Waals surface area contributed by atoms with Gasteiger partial charge in [0, 0.05) is 32.9 Å². The van der Waals surface area contributed by atoms with Gasteiger partial charge in [-0.2, -0.15) is 0 Å². The Labute approximate surface area is 137 Å². The lowest BCUT2D eigenvalue weighted by molar-refractivity contribution is -0.127. The van der Waals surface area contributed by atoms with E-state index in [4.69, 9.17) is 10.5 Å². The van der Waals surface area contributed by atoms with E-state index in [2.05, 4.69) is 15.6 Å². The Morgan fingerprint density at radius 3 is 2.78 bits per heavy atom. The van der Waals surface area contributed by atoms with Gasteiger partial charge in [-0.1, -0.05) is 12.5 Å². The number of nitrogens with one attached hydrogen (secondary N) is 2. The third-order valence-electron chi connectivity index (χ3n) is 3.34. The summed E-state index contributed by atoms with van der Waals surface area (Å²) < 4.78 is 4.89. The molecule has 1 rings (SSSR count). The van der Waals surface area contributed by atoms with Crippen LogP contribution in [0.3, 0.4) is 0 Å². The zero-order valence-electron chi connectivity index (χ0n) is 13.6. The molecule has 23 heavy (non-hydrogen) atoms. The maximum atomic E-state index is 11.8. The number of ether oxygens (including phenoxy) is 1. The fourth-order valence-electron chi connectivity index (χ4n) is 2.06. The number of hydrogen-bond donors (Lipinski definition) is 3. The largest absolute Gasteiger partial charge is 0.385 e. The molecule has 0 bridgehead atoms. The van der Waals surface area contributed by atoms with Crippen LogP contribution in [0.1, 0.15) is 32.1 Å². The van der Waals surface area contributed by atoms with E-state index in [0.29, 0.717) is 19.4 Å². The number of carbonyl (C=O) groups excluding carboxylic acids is 2. The van der Waals surface area contributed by atoms with E-state index in [-0.39, 0.29) is 5.91 Å². The average molecular weight is 322 g/mol. The Morgan fingerprint density at radius 1 is 1.30 bits per heavy atom. The van der Waals surface area contributed by atoms with Gasteiger partial charge in [-0.05, 0) is 31.4 Å². The van der Waals surface area contributed by atoms with Crippen molar-refractivity contribution in [1.29, 1.82) is 0 Å². The number of hydrogen-bond acceptors (Lipinski definition) is 5. The quantitative estimate of drug-likeness (QED) is 0.499. The van der Waals surface area contributed by atoms with Gasteiger partial charge >= 0.3 is 0 Å². The molecule has 0 aliphatic heterocycles. The minimum atomic E-state index is -0.659. The van der Waals surface area contributed by atoms with Gasteiger partial charge in [-0.25, -0.2) is 4.98 Å². The normalized spacial score (nSPS) is 11.7. The molecule has 128 valence electrons. The first-order chi connectivity index (χ1) is 11.1. The molecule has 0 aromatic carbocycles. The number of amides is 2. The molecule has 0 aliphatic rings. The van der Waals surface area contributed by atoms with E-state index < -0.39 is 11.9 Å². The number of rotatable bonds is 12. The van der Waals surface area contributed by atoms with Crippen molar-refractivity contribution in [2.24, 2.45) is 5.73 Å². The Hall–Kier alpha value is -2.15. The second-order valence-corrected chi connectivity index (χ2v) is 5.26. The monoisotopic (exact) mass is 322 g/mol. The molecule has 0 saturated heterocycles. The van der Waals surface area contributed by atoms with E-state index in [1.807, 2.05) is 18.2 Å². The SMILES string of the molecule is COCC[C@H](NC(=O)CCCCCNc1ccccn1)C(N)=O. The summed E-state index contributed by atoms with van der Waals surface area (Å²) in [6.45, 7) is 1.20. The number of unbranched alkanes of at least 4 members (excludes halogenated alkanes) is 2. The van der Waals surface area contributed by atoms with Crippen molar-refractivity contribution in [2.45, 2.75) is 38.1 Å². The number of methoxy groups -OCH3 is 1. The van der Waals surface area contributed by atoms with Gasteiger partial charge < -0.3 is 21.1 Å². The third kappa shape index (κ3) is 8.77. The van der Waals surface area contributed by atoms with Crippen molar-refractivity contribution in [1.82, 2.24) is 10.3 Å². The number of pyridine rings is 1. The van der Waals surface area contributed by atoms with Crippen LogP contribution in [0.2, 0.25) is 0 Å². The molecule has 7 nitrogen and oxygen atoms in total. The smallest absolute Gasteiger partial charge is 0.240 e. The van der Waals surface area contributed by atoms with E-state index >= 15 is 0 Å². The first-order valence-corrected chi connectivity index (χ1v) is 7.86. The number of primary amides is 1. The van der Waals surface area contributed by atoms with Crippen LogP contribution in [-0.2, 0) is 14.3 Å². The van der Waals surface area contributed by atoms with Crippen LogP contribution in [0, 0.1) is 0 Å². The standard InChI is InChI=1S/C16H26N4O3/c1-23-12-9-13(16(17)22)20-15(21)8-3-2-5-10-18-14-7-4-6-11-19-14/h4,6-7,11,13H,2-3,5,8-10,12H2,1H3,(H2,17,22)(H,18,19)(H,20,21)/t13-/m0/s1. The molecular weight excluding hydrogens is 296 g/mol. The predicted molar refractivity (Wildman–Crippen MR) is 88.8 cm³/mol. The maximum absolute atomic E-state index is 11.8. The molecule has 1 aromatic heterocycles. The first kappa shape index (κ1) is 18.9. The van der Waals surface area contributed by atoms with Crippen molar-refractivity contribution in [2.75, 3.05) is 25.6 Å². The zero-order valence-corrected chi connectivity index (χ0v) is 13.6. The summed E-state index contributed by atoms with van der Waals surface area (Å²) in [5.41, 5.74) is 5.25. The van der Waals surface area contributed by atoms with Crippen molar-refractivity contribution in [3.8, 4) is 0 Å². The summed E-state index contributed by atoms with van der Waals surface area (Å²) in [4.78, 5) is 27.2. The molecule has 0 spiro atoms. The maximum Gasteiger partial charge on any atom is 0.240 e. The summed E-state index contributed by atoms with van der Waals surface area (Å²) in [5.74, 6) is 0.172. The number of nitrogens with two attached hydrogens (primary N) is 1. The van der Waals surface area contributed by atoms with E-state index in [1.54, 1.807) is 13.3 Å². The molecule has 2 amide bonds.